The van der Waals surface area contributed by atoms with Crippen LogP contribution in [0.25, 0.3) is 0 Å². The molecule has 0 spiro atoms. The minimum Gasteiger partial charge on any atom is -0.393 e. The summed E-state index contributed by atoms with van der Waals surface area (Å²) in [4.78, 5) is 14.8. The zero-order valence-electron chi connectivity index (χ0n) is 15.0. The van der Waals surface area contributed by atoms with Crippen molar-refractivity contribution in [2.45, 2.75) is 88.8 Å². The third kappa shape index (κ3) is 5.35. The van der Waals surface area contributed by atoms with Gasteiger partial charge in [-0.05, 0) is 57.4 Å². The van der Waals surface area contributed by atoms with Crippen molar-refractivity contribution < 1.29 is 9.90 Å². The molecule has 0 bridgehead atoms. The number of nitrogens with one attached hydrogen (secondary N) is 2. The topological polar surface area (TPSA) is 64.6 Å². The van der Waals surface area contributed by atoms with Gasteiger partial charge in [0.15, 0.2) is 0 Å². The molecule has 5 heteroatoms. The number of nitrogens with zero attached hydrogens (tertiary/aromatic N) is 1. The van der Waals surface area contributed by atoms with E-state index in [4.69, 9.17) is 0 Å². The molecule has 2 saturated carbocycles. The summed E-state index contributed by atoms with van der Waals surface area (Å²) in [5.74, 6) is 0.435. The zero-order valence-corrected chi connectivity index (χ0v) is 15.0. The van der Waals surface area contributed by atoms with Gasteiger partial charge in [0, 0.05) is 25.2 Å². The van der Waals surface area contributed by atoms with E-state index in [0.29, 0.717) is 12.5 Å². The van der Waals surface area contributed by atoms with Crippen LogP contribution in [-0.4, -0.2) is 53.9 Å². The predicted molar refractivity (Wildman–Crippen MR) is 96.0 cm³/mol. The quantitative estimate of drug-likeness (QED) is 0.739. The lowest BCUT2D eigenvalue weighted by Gasteiger charge is -2.40. The molecule has 0 aromatic heterocycles. The highest BCUT2D eigenvalue weighted by atomic mass is 16.3. The highest BCUT2D eigenvalue weighted by Gasteiger charge is 2.28. The first kappa shape index (κ1) is 18.0. The number of carbonyl (C=O) groups excluding carboxylic acids is 1. The van der Waals surface area contributed by atoms with Gasteiger partial charge in [-0.15, -0.1) is 0 Å². The van der Waals surface area contributed by atoms with Crippen LogP contribution < -0.4 is 10.6 Å². The fourth-order valence-corrected chi connectivity index (χ4v) is 4.82. The standard InChI is InChI=1S/C19H35N3O2/c23-18-10-4-6-15(12-18)13-20-19(24)21-16-7-5-11-22(14-16)17-8-2-1-3-9-17/h15-18,23H,1-14H2,(H2,20,21,24). The third-order valence-corrected chi connectivity index (χ3v) is 6.19. The number of aliphatic hydroxyl groups is 1. The van der Waals surface area contributed by atoms with Gasteiger partial charge in [-0.3, -0.25) is 4.90 Å². The number of urea groups is 1. The molecular weight excluding hydrogens is 302 g/mol. The lowest BCUT2D eigenvalue weighted by Crippen LogP contribution is -2.53. The van der Waals surface area contributed by atoms with Crippen LogP contribution in [0.5, 0.6) is 0 Å². The van der Waals surface area contributed by atoms with Crippen molar-refractivity contribution in [3.63, 3.8) is 0 Å². The number of hydrogen-bond donors (Lipinski definition) is 3. The first-order valence-corrected chi connectivity index (χ1v) is 10.2. The Morgan fingerprint density at radius 1 is 1.00 bits per heavy atom. The predicted octanol–water partition coefficient (Wildman–Crippen LogP) is 2.63. The van der Waals surface area contributed by atoms with E-state index >= 15 is 0 Å². The highest BCUT2D eigenvalue weighted by Crippen LogP contribution is 2.25. The zero-order chi connectivity index (χ0) is 16.8. The van der Waals surface area contributed by atoms with E-state index < -0.39 is 0 Å². The maximum Gasteiger partial charge on any atom is 0.315 e. The second-order valence-electron chi connectivity index (χ2n) is 8.17. The summed E-state index contributed by atoms with van der Waals surface area (Å²) in [6.07, 6.45) is 12.9. The van der Waals surface area contributed by atoms with Gasteiger partial charge in [-0.2, -0.15) is 0 Å². The Hall–Kier alpha value is -0.810. The minimum atomic E-state index is -0.170. The van der Waals surface area contributed by atoms with Crippen LogP contribution in [0.3, 0.4) is 0 Å². The van der Waals surface area contributed by atoms with E-state index in [2.05, 4.69) is 15.5 Å². The molecule has 138 valence electrons. The number of amides is 2. The Morgan fingerprint density at radius 3 is 2.62 bits per heavy atom. The van der Waals surface area contributed by atoms with E-state index in [9.17, 15) is 9.90 Å². The fourth-order valence-electron chi connectivity index (χ4n) is 4.82. The molecule has 5 nitrogen and oxygen atoms in total. The number of piperidine rings is 1. The van der Waals surface area contributed by atoms with Crippen molar-refractivity contribution in [1.29, 1.82) is 0 Å². The number of likely N-dealkylation sites (tertiary alicyclic amines) is 1. The normalized spacial score (nSPS) is 33.1. The second-order valence-corrected chi connectivity index (χ2v) is 8.17. The molecule has 3 unspecified atom stereocenters. The van der Waals surface area contributed by atoms with Crippen molar-refractivity contribution in [2.24, 2.45) is 5.92 Å². The van der Waals surface area contributed by atoms with Crippen LogP contribution in [0, 0.1) is 5.92 Å². The van der Waals surface area contributed by atoms with Crippen LogP contribution in [0.2, 0.25) is 0 Å². The minimum absolute atomic E-state index is 0.0226. The van der Waals surface area contributed by atoms with Gasteiger partial charge in [0.1, 0.15) is 0 Å². The molecule has 1 aliphatic heterocycles. The van der Waals surface area contributed by atoms with E-state index in [1.54, 1.807) is 0 Å². The largest absolute Gasteiger partial charge is 0.393 e. The van der Waals surface area contributed by atoms with Crippen molar-refractivity contribution in [2.75, 3.05) is 19.6 Å². The van der Waals surface area contributed by atoms with Gasteiger partial charge >= 0.3 is 6.03 Å². The van der Waals surface area contributed by atoms with Gasteiger partial charge in [0.2, 0.25) is 0 Å². The van der Waals surface area contributed by atoms with Crippen LogP contribution >= 0.6 is 0 Å². The SMILES string of the molecule is O=C(NCC1CCCC(O)C1)NC1CCCN(C2CCCCC2)C1. The summed E-state index contributed by atoms with van der Waals surface area (Å²) >= 11 is 0. The van der Waals surface area contributed by atoms with Crippen molar-refractivity contribution in [1.82, 2.24) is 15.5 Å². The van der Waals surface area contributed by atoms with E-state index in [0.717, 1.165) is 44.7 Å². The molecule has 2 amide bonds. The Balaban J connectivity index is 1.37. The Kier molecular flexibility index (Phi) is 6.78. The molecule has 2 aliphatic carbocycles. The van der Waals surface area contributed by atoms with E-state index in [1.165, 1.54) is 45.1 Å². The van der Waals surface area contributed by atoms with Crippen LogP contribution in [0.15, 0.2) is 0 Å². The smallest absolute Gasteiger partial charge is 0.315 e. The molecule has 24 heavy (non-hydrogen) atoms. The monoisotopic (exact) mass is 337 g/mol. The Labute approximate surface area is 146 Å². The summed E-state index contributed by atoms with van der Waals surface area (Å²) in [5, 5.41) is 15.9. The van der Waals surface area contributed by atoms with Crippen molar-refractivity contribution in [3.8, 4) is 0 Å². The van der Waals surface area contributed by atoms with Gasteiger partial charge < -0.3 is 15.7 Å². The summed E-state index contributed by atoms with van der Waals surface area (Å²) in [7, 11) is 0. The lowest BCUT2D eigenvalue weighted by atomic mass is 9.87. The molecule has 3 aliphatic rings. The molecule has 3 fully saturated rings. The maximum atomic E-state index is 12.2. The molecule has 0 aromatic rings. The number of carbonyl (C=O) groups is 1. The molecule has 1 saturated heterocycles. The molecular formula is C19H35N3O2. The third-order valence-electron chi connectivity index (χ3n) is 6.19. The average molecular weight is 338 g/mol. The number of hydrogen-bond acceptors (Lipinski definition) is 3. The Bertz CT molecular complexity index is 398. The summed E-state index contributed by atoms with van der Waals surface area (Å²) in [6, 6.07) is 1.01. The van der Waals surface area contributed by atoms with Gasteiger partial charge in [-0.1, -0.05) is 25.7 Å². The average Bonchev–Trinajstić information content (AvgIpc) is 2.61. The highest BCUT2D eigenvalue weighted by molar-refractivity contribution is 5.74. The summed E-state index contributed by atoms with van der Waals surface area (Å²) < 4.78 is 0. The molecule has 1 heterocycles. The van der Waals surface area contributed by atoms with E-state index in [1.807, 2.05) is 0 Å². The van der Waals surface area contributed by atoms with Crippen molar-refractivity contribution in [3.05, 3.63) is 0 Å². The first-order valence-electron chi connectivity index (χ1n) is 10.2. The van der Waals surface area contributed by atoms with Crippen molar-refractivity contribution >= 4 is 6.03 Å². The molecule has 0 radical (unpaired) electrons. The Morgan fingerprint density at radius 2 is 1.83 bits per heavy atom. The molecule has 3 N–H and O–H groups in total. The van der Waals surface area contributed by atoms with Crippen LogP contribution in [0.1, 0.15) is 70.6 Å². The summed E-state index contributed by atoms with van der Waals surface area (Å²) in [6.45, 7) is 2.91. The molecule has 0 aromatic carbocycles. The maximum absolute atomic E-state index is 12.2. The van der Waals surface area contributed by atoms with Crippen LogP contribution in [0.4, 0.5) is 4.79 Å². The molecule has 3 rings (SSSR count). The first-order chi connectivity index (χ1) is 11.7. The lowest BCUT2D eigenvalue weighted by molar-refractivity contribution is 0.100. The number of rotatable bonds is 4. The molecule has 3 atom stereocenters. The summed E-state index contributed by atoms with van der Waals surface area (Å²) in [5.41, 5.74) is 0. The van der Waals surface area contributed by atoms with E-state index in [-0.39, 0.29) is 18.2 Å². The van der Waals surface area contributed by atoms with Gasteiger partial charge in [0.05, 0.1) is 6.10 Å². The number of aliphatic hydroxyl groups excluding tert-OH is 1. The fraction of sp³-hybridized carbons (Fsp3) is 0.947. The van der Waals surface area contributed by atoms with Gasteiger partial charge in [-0.25, -0.2) is 4.79 Å². The second kappa shape index (κ2) is 9.04. The van der Waals surface area contributed by atoms with Gasteiger partial charge in [0.25, 0.3) is 0 Å². The van der Waals surface area contributed by atoms with Crippen LogP contribution in [-0.2, 0) is 0 Å².